The smallest absolute Gasteiger partial charge is 0.301 e. The van der Waals surface area contributed by atoms with Crippen LogP contribution in [0.1, 0.15) is 23.6 Å². The molecule has 0 spiro atoms. The van der Waals surface area contributed by atoms with Crippen LogP contribution in [0.4, 0.5) is 8.78 Å². The first-order valence-electron chi connectivity index (χ1n) is 8.52. The quantitative estimate of drug-likeness (QED) is 0.778. The maximum absolute atomic E-state index is 15.3. The second-order valence-corrected chi connectivity index (χ2v) is 6.68. The normalized spacial score (nSPS) is 29.5. The Labute approximate surface area is 150 Å². The van der Waals surface area contributed by atoms with E-state index in [2.05, 4.69) is 0 Å². The van der Waals surface area contributed by atoms with Gasteiger partial charge >= 0.3 is 5.92 Å². The van der Waals surface area contributed by atoms with Crippen LogP contribution in [-0.2, 0) is 17.1 Å². The number of benzene rings is 2. The summed E-state index contributed by atoms with van der Waals surface area (Å²) >= 11 is 0. The van der Waals surface area contributed by atoms with Crippen molar-refractivity contribution in [1.82, 2.24) is 0 Å². The highest BCUT2D eigenvalue weighted by Gasteiger charge is 2.54. The van der Waals surface area contributed by atoms with Crippen LogP contribution in [0.25, 0.3) is 0 Å². The molecule has 0 aromatic heterocycles. The number of hydrogen-bond donors (Lipinski definition) is 3. The molecule has 4 nitrogen and oxygen atoms in total. The fourth-order valence-corrected chi connectivity index (χ4v) is 3.32. The van der Waals surface area contributed by atoms with Gasteiger partial charge in [0, 0.05) is 5.56 Å². The van der Waals surface area contributed by atoms with Crippen LogP contribution in [0.2, 0.25) is 0 Å². The van der Waals surface area contributed by atoms with Crippen molar-refractivity contribution in [3.05, 3.63) is 71.3 Å². The lowest BCUT2D eigenvalue weighted by atomic mass is 9.87. The summed E-state index contributed by atoms with van der Waals surface area (Å²) in [4.78, 5) is 0. The monoisotopic (exact) mass is 364 g/mol. The molecule has 1 aliphatic rings. The highest BCUT2D eigenvalue weighted by atomic mass is 19.3. The Morgan fingerprint density at radius 2 is 1.50 bits per heavy atom. The van der Waals surface area contributed by atoms with Gasteiger partial charge in [-0.15, -0.1) is 0 Å². The summed E-state index contributed by atoms with van der Waals surface area (Å²) in [6.07, 6.45) is -7.69. The molecule has 26 heavy (non-hydrogen) atoms. The second kappa shape index (κ2) is 7.40. The molecule has 1 fully saturated rings. The minimum atomic E-state index is -3.54. The maximum Gasteiger partial charge on any atom is 0.301 e. The number of ether oxygens (including phenoxy) is 1. The molecule has 2 aromatic carbocycles. The van der Waals surface area contributed by atoms with Crippen LogP contribution in [0.3, 0.4) is 0 Å². The first-order valence-corrected chi connectivity index (χ1v) is 8.52. The Morgan fingerprint density at radius 3 is 2.19 bits per heavy atom. The number of aliphatic hydroxyl groups excluding tert-OH is 3. The molecule has 0 amide bonds. The predicted molar refractivity (Wildman–Crippen MR) is 91.9 cm³/mol. The summed E-state index contributed by atoms with van der Waals surface area (Å²) in [6.45, 7) is 1.39. The summed E-state index contributed by atoms with van der Waals surface area (Å²) in [5.41, 5.74) is 1.03. The van der Waals surface area contributed by atoms with Gasteiger partial charge in [0.2, 0.25) is 0 Å². The van der Waals surface area contributed by atoms with Crippen LogP contribution < -0.4 is 0 Å². The molecule has 3 rings (SSSR count). The van der Waals surface area contributed by atoms with E-state index in [1.54, 1.807) is 12.1 Å². The summed E-state index contributed by atoms with van der Waals surface area (Å²) in [5, 5.41) is 29.7. The zero-order valence-electron chi connectivity index (χ0n) is 14.3. The lowest BCUT2D eigenvalue weighted by molar-refractivity contribution is -0.276. The number of alkyl halides is 2. The third kappa shape index (κ3) is 3.50. The Hall–Kier alpha value is -1.86. The highest BCUT2D eigenvalue weighted by molar-refractivity contribution is 5.36. The molecule has 0 bridgehead atoms. The van der Waals surface area contributed by atoms with Crippen molar-refractivity contribution in [2.75, 3.05) is 0 Å². The van der Waals surface area contributed by atoms with E-state index in [0.717, 1.165) is 5.56 Å². The van der Waals surface area contributed by atoms with E-state index >= 15 is 8.78 Å². The summed E-state index contributed by atoms with van der Waals surface area (Å²) in [7, 11) is 0. The molecule has 0 saturated carbocycles. The molecule has 0 radical (unpaired) electrons. The van der Waals surface area contributed by atoms with Crippen LogP contribution in [0.5, 0.6) is 0 Å². The molecule has 1 saturated heterocycles. The van der Waals surface area contributed by atoms with E-state index in [1.807, 2.05) is 30.3 Å². The van der Waals surface area contributed by atoms with Crippen molar-refractivity contribution < 1.29 is 28.8 Å². The Kier molecular flexibility index (Phi) is 5.39. The van der Waals surface area contributed by atoms with Crippen LogP contribution in [0.15, 0.2) is 54.6 Å². The van der Waals surface area contributed by atoms with Crippen molar-refractivity contribution in [2.24, 2.45) is 0 Å². The van der Waals surface area contributed by atoms with E-state index in [4.69, 9.17) is 4.74 Å². The lowest BCUT2D eigenvalue weighted by Crippen LogP contribution is -2.61. The Balaban J connectivity index is 1.94. The van der Waals surface area contributed by atoms with Gasteiger partial charge in [-0.2, -0.15) is 8.78 Å². The van der Waals surface area contributed by atoms with E-state index in [0.29, 0.717) is 12.0 Å². The van der Waals surface area contributed by atoms with Crippen LogP contribution >= 0.6 is 0 Å². The van der Waals surface area contributed by atoms with Gasteiger partial charge in [0.05, 0.1) is 6.10 Å². The Bertz CT molecular complexity index is 738. The van der Waals surface area contributed by atoms with E-state index < -0.39 is 36.4 Å². The van der Waals surface area contributed by atoms with Crippen LogP contribution in [0, 0.1) is 0 Å². The van der Waals surface area contributed by atoms with Crippen molar-refractivity contribution in [3.8, 4) is 0 Å². The molecule has 0 aliphatic carbocycles. The van der Waals surface area contributed by atoms with Gasteiger partial charge in [0.1, 0.15) is 18.3 Å². The zero-order valence-corrected chi connectivity index (χ0v) is 14.3. The largest absolute Gasteiger partial charge is 0.388 e. The number of hydrogen-bond acceptors (Lipinski definition) is 4. The molecule has 1 unspecified atom stereocenters. The third-order valence-electron chi connectivity index (χ3n) is 4.82. The highest BCUT2D eigenvalue weighted by Crippen LogP contribution is 2.41. The average molecular weight is 364 g/mol. The summed E-state index contributed by atoms with van der Waals surface area (Å²) < 4.78 is 35.7. The number of aliphatic hydroxyl groups is 3. The predicted octanol–water partition coefficient (Wildman–Crippen LogP) is 2.24. The first-order chi connectivity index (χ1) is 12.3. The van der Waals surface area contributed by atoms with Gasteiger partial charge in [0.25, 0.3) is 0 Å². The fourth-order valence-electron chi connectivity index (χ4n) is 3.32. The topological polar surface area (TPSA) is 69.9 Å². The van der Waals surface area contributed by atoms with Gasteiger partial charge < -0.3 is 20.1 Å². The van der Waals surface area contributed by atoms with Crippen molar-refractivity contribution in [1.29, 1.82) is 0 Å². The summed E-state index contributed by atoms with van der Waals surface area (Å²) in [6, 6.07) is 15.3. The molecule has 1 aliphatic heterocycles. The zero-order chi connectivity index (χ0) is 18.9. The molecule has 5 atom stereocenters. The molecular formula is C20H22F2O4. The van der Waals surface area contributed by atoms with Gasteiger partial charge in [-0.1, -0.05) is 54.6 Å². The van der Waals surface area contributed by atoms with Gasteiger partial charge in [-0.3, -0.25) is 0 Å². The Morgan fingerprint density at radius 1 is 0.885 bits per heavy atom. The van der Waals surface area contributed by atoms with Crippen molar-refractivity contribution in [3.63, 3.8) is 0 Å². The third-order valence-corrected chi connectivity index (χ3v) is 4.82. The van der Waals surface area contributed by atoms with Gasteiger partial charge in [0.15, 0.2) is 6.10 Å². The van der Waals surface area contributed by atoms with E-state index in [1.165, 1.54) is 19.1 Å². The SMILES string of the molecule is CC1O[C@@H](C(F)(F)c2ccccc2Cc2ccccc2)[C@H](O)[C@@H](O)[C@@H]1O. The number of rotatable bonds is 4. The van der Waals surface area contributed by atoms with Gasteiger partial charge in [-0.25, -0.2) is 0 Å². The number of halogens is 2. The van der Waals surface area contributed by atoms with Crippen molar-refractivity contribution >= 4 is 0 Å². The van der Waals surface area contributed by atoms with E-state index in [-0.39, 0.29) is 5.56 Å². The van der Waals surface area contributed by atoms with Gasteiger partial charge in [-0.05, 0) is 24.5 Å². The molecule has 1 heterocycles. The summed E-state index contributed by atoms with van der Waals surface area (Å²) in [5.74, 6) is -3.54. The van der Waals surface area contributed by atoms with Crippen LogP contribution in [-0.4, -0.2) is 45.8 Å². The minimum absolute atomic E-state index is 0.260. The average Bonchev–Trinajstić information content (AvgIpc) is 2.64. The molecule has 3 N–H and O–H groups in total. The maximum atomic E-state index is 15.3. The lowest BCUT2D eigenvalue weighted by Gasteiger charge is -2.42. The standard InChI is InChI=1S/C20H22F2O4/c1-12-16(23)17(24)18(25)19(26-12)20(21,22)15-10-6-5-9-14(15)11-13-7-3-2-4-8-13/h2-10,12,16-19,23-25H,11H2,1H3/t12?,16-,17+,18-,19-/m1/s1. The fraction of sp³-hybridized carbons (Fsp3) is 0.400. The first kappa shape index (κ1) is 18.9. The minimum Gasteiger partial charge on any atom is -0.388 e. The van der Waals surface area contributed by atoms with E-state index in [9.17, 15) is 15.3 Å². The molecule has 2 aromatic rings. The molecular weight excluding hydrogens is 342 g/mol. The van der Waals surface area contributed by atoms with Crippen molar-refractivity contribution in [2.45, 2.75) is 49.8 Å². The second-order valence-electron chi connectivity index (χ2n) is 6.68. The molecule has 140 valence electrons. The molecule has 6 heteroatoms.